The van der Waals surface area contributed by atoms with Gasteiger partial charge in [-0.1, -0.05) is 0 Å². The molecule has 0 fully saturated rings. The molecule has 0 rings (SSSR count). The summed E-state index contributed by atoms with van der Waals surface area (Å²) in [6.45, 7) is 0. The van der Waals surface area contributed by atoms with E-state index >= 15 is 0 Å². The van der Waals surface area contributed by atoms with Gasteiger partial charge in [0.1, 0.15) is 12.1 Å². The van der Waals surface area contributed by atoms with Gasteiger partial charge in [-0.2, -0.15) is 0 Å². The van der Waals surface area contributed by atoms with E-state index in [0.29, 0.717) is 0 Å². The van der Waals surface area contributed by atoms with E-state index in [0.717, 1.165) is 0 Å². The molecule has 0 aliphatic carbocycles. The Labute approximate surface area is 102 Å². The lowest BCUT2D eigenvalue weighted by Gasteiger charge is -2.08. The number of carboxylic acids is 2. The van der Waals surface area contributed by atoms with E-state index in [4.69, 9.17) is 21.7 Å². The summed E-state index contributed by atoms with van der Waals surface area (Å²) in [4.78, 5) is 20.7. The molecule has 0 saturated heterocycles. The second-order valence-electron chi connectivity index (χ2n) is 3.22. The van der Waals surface area contributed by atoms with Crippen molar-refractivity contribution in [1.29, 1.82) is 0 Å². The maximum absolute atomic E-state index is 11.3. The number of carboxylic acid groups (broad SMARTS) is 2. The van der Waals surface area contributed by atoms with Gasteiger partial charge in [-0.15, -0.1) is 0 Å². The zero-order valence-corrected chi connectivity index (χ0v) is 10.4. The lowest BCUT2D eigenvalue weighted by atomic mass is 10.4. The maximum atomic E-state index is 11.3. The molecular formula is C7H14N2O6S2. The lowest BCUT2D eigenvalue weighted by Crippen LogP contribution is -2.38. The van der Waals surface area contributed by atoms with Crippen LogP contribution in [0, 0.1) is 0 Å². The van der Waals surface area contributed by atoms with Crippen molar-refractivity contribution in [2.75, 3.05) is 16.6 Å². The maximum Gasteiger partial charge on any atom is 0.321 e. The third kappa shape index (κ3) is 7.15. The Morgan fingerprint density at radius 1 is 0.941 bits per heavy atom. The summed E-state index contributed by atoms with van der Waals surface area (Å²) in [7, 11) is -3.37. The van der Waals surface area contributed by atoms with Crippen LogP contribution >= 0.6 is 0 Å². The van der Waals surface area contributed by atoms with Gasteiger partial charge >= 0.3 is 11.9 Å². The number of aliphatic carboxylic acids is 2. The van der Waals surface area contributed by atoms with E-state index in [1.54, 1.807) is 0 Å². The van der Waals surface area contributed by atoms with Crippen LogP contribution in [-0.2, 0) is 31.2 Å². The lowest BCUT2D eigenvalue weighted by molar-refractivity contribution is -0.138. The highest BCUT2D eigenvalue weighted by Gasteiger charge is 2.20. The summed E-state index contributed by atoms with van der Waals surface area (Å²) in [6, 6.07) is -2.58. The van der Waals surface area contributed by atoms with Crippen LogP contribution in [0.3, 0.4) is 0 Å². The third-order valence-corrected chi connectivity index (χ3v) is 5.19. The third-order valence-electron chi connectivity index (χ3n) is 1.63. The molecule has 0 aromatic heterocycles. The fourth-order valence-corrected chi connectivity index (χ4v) is 3.81. The highest BCUT2D eigenvalue weighted by molar-refractivity contribution is 8.01. The number of rotatable bonds is 8. The van der Waals surface area contributed by atoms with Crippen LogP contribution in [0.5, 0.6) is 0 Å². The van der Waals surface area contributed by atoms with E-state index in [-0.39, 0.29) is 16.6 Å². The van der Waals surface area contributed by atoms with Crippen LogP contribution in [0.25, 0.3) is 0 Å². The zero-order valence-electron chi connectivity index (χ0n) is 8.77. The van der Waals surface area contributed by atoms with Crippen LogP contribution in [0.2, 0.25) is 0 Å². The summed E-state index contributed by atoms with van der Waals surface area (Å²) < 4.78 is 22.6. The van der Waals surface area contributed by atoms with Crippen molar-refractivity contribution in [2.45, 2.75) is 12.1 Å². The van der Waals surface area contributed by atoms with Crippen molar-refractivity contribution >= 4 is 33.5 Å². The topological polar surface area (TPSA) is 161 Å². The minimum absolute atomic E-state index is 0.330. The second kappa shape index (κ2) is 7.48. The average Bonchev–Trinajstić information content (AvgIpc) is 2.16. The molecule has 0 aromatic rings. The monoisotopic (exact) mass is 286 g/mol. The van der Waals surface area contributed by atoms with E-state index in [2.05, 4.69) is 0 Å². The largest absolute Gasteiger partial charge is 0.480 e. The van der Waals surface area contributed by atoms with Gasteiger partial charge in [-0.05, 0) is 0 Å². The fraction of sp³-hybridized carbons (Fsp3) is 0.714. The number of hydrogen-bond acceptors (Lipinski definition) is 6. The predicted octanol–water partition coefficient (Wildman–Crippen LogP) is -2.73. The number of hydrogen-bond donors (Lipinski definition) is 4. The Hall–Kier alpha value is -0.840. The smallest absolute Gasteiger partial charge is 0.321 e. The molecule has 0 radical (unpaired) electrons. The number of nitrogens with two attached hydrogens (primary N) is 2. The standard InChI is InChI=1S/C7H14N2O6S2/c8-4(6(10)11)1-16(14)3-17(15)2-5(9)7(12)13/h4-5H,1-3,8-9H2,(H,10,11)(H,12,13)/t4-,5-,16?,17?/m0/s1. The Bertz CT molecular complexity index is 315. The van der Waals surface area contributed by atoms with Crippen LogP contribution < -0.4 is 11.5 Å². The first-order chi connectivity index (χ1) is 7.73. The summed E-state index contributed by atoms with van der Waals surface area (Å²) in [5.74, 6) is -3.26. The summed E-state index contributed by atoms with van der Waals surface area (Å²) in [6.07, 6.45) is 0. The molecule has 2 unspecified atom stereocenters. The Kier molecular flexibility index (Phi) is 7.11. The second-order valence-corrected chi connectivity index (χ2v) is 6.59. The molecule has 6 N–H and O–H groups in total. The van der Waals surface area contributed by atoms with Crippen molar-refractivity contribution in [3.8, 4) is 0 Å². The predicted molar refractivity (Wildman–Crippen MR) is 62.1 cm³/mol. The van der Waals surface area contributed by atoms with Crippen molar-refractivity contribution in [2.24, 2.45) is 11.5 Å². The quantitative estimate of drug-likeness (QED) is 0.374. The molecule has 0 heterocycles. The zero-order chi connectivity index (χ0) is 13.6. The molecule has 4 atom stereocenters. The molecule has 0 bridgehead atoms. The van der Waals surface area contributed by atoms with E-state index < -0.39 is 45.6 Å². The Morgan fingerprint density at radius 2 is 1.24 bits per heavy atom. The van der Waals surface area contributed by atoms with Crippen molar-refractivity contribution < 1.29 is 28.2 Å². The molecule has 0 saturated carbocycles. The van der Waals surface area contributed by atoms with Crippen LogP contribution in [0.15, 0.2) is 0 Å². The highest BCUT2D eigenvalue weighted by Crippen LogP contribution is 1.95. The molecule has 8 nitrogen and oxygen atoms in total. The molecule has 0 aliphatic heterocycles. The fourth-order valence-electron chi connectivity index (χ4n) is 0.786. The first-order valence-electron chi connectivity index (χ1n) is 4.40. The van der Waals surface area contributed by atoms with E-state index in [1.807, 2.05) is 0 Å². The van der Waals surface area contributed by atoms with Gasteiger partial charge in [0, 0.05) is 21.6 Å². The normalized spacial score (nSPS) is 18.0. The minimum atomic E-state index is -1.68. The molecule has 17 heavy (non-hydrogen) atoms. The van der Waals surface area contributed by atoms with Gasteiger partial charge in [-0.3, -0.25) is 18.0 Å². The average molecular weight is 286 g/mol. The molecule has 0 amide bonds. The van der Waals surface area contributed by atoms with Gasteiger partial charge in [0.25, 0.3) is 0 Å². The minimum Gasteiger partial charge on any atom is -0.480 e. The summed E-state index contributed by atoms with van der Waals surface area (Å²) >= 11 is 0. The van der Waals surface area contributed by atoms with Crippen LogP contribution in [-0.4, -0.2) is 59.2 Å². The molecule has 10 heteroatoms. The van der Waals surface area contributed by atoms with Crippen molar-refractivity contribution in [3.63, 3.8) is 0 Å². The first-order valence-corrected chi connectivity index (χ1v) is 7.38. The van der Waals surface area contributed by atoms with Crippen LogP contribution in [0.1, 0.15) is 0 Å². The molecule has 0 aliphatic rings. The van der Waals surface area contributed by atoms with Gasteiger partial charge in [0.05, 0.1) is 16.6 Å². The van der Waals surface area contributed by atoms with E-state index in [1.165, 1.54) is 0 Å². The molecule has 100 valence electrons. The van der Waals surface area contributed by atoms with Crippen molar-refractivity contribution in [1.82, 2.24) is 0 Å². The SMILES string of the molecule is N[C@@H](CS(=O)CS(=O)C[C@H](N)C(=O)O)C(=O)O. The van der Waals surface area contributed by atoms with Crippen LogP contribution in [0.4, 0.5) is 0 Å². The molecule has 0 spiro atoms. The highest BCUT2D eigenvalue weighted by atomic mass is 32.2. The van der Waals surface area contributed by atoms with Gasteiger partial charge in [0.15, 0.2) is 0 Å². The van der Waals surface area contributed by atoms with Gasteiger partial charge in [0.2, 0.25) is 0 Å². The van der Waals surface area contributed by atoms with Gasteiger partial charge < -0.3 is 21.7 Å². The molecule has 0 aromatic carbocycles. The van der Waals surface area contributed by atoms with Gasteiger partial charge in [-0.25, -0.2) is 0 Å². The Balaban J connectivity index is 4.09. The van der Waals surface area contributed by atoms with E-state index in [9.17, 15) is 18.0 Å². The Morgan fingerprint density at radius 3 is 1.47 bits per heavy atom. The summed E-state index contributed by atoms with van der Waals surface area (Å²) in [5.41, 5.74) is 10.3. The molecular weight excluding hydrogens is 272 g/mol. The van der Waals surface area contributed by atoms with Crippen molar-refractivity contribution in [3.05, 3.63) is 0 Å². The first kappa shape index (κ1) is 16.2. The summed E-state index contributed by atoms with van der Waals surface area (Å²) in [5, 5.41) is 16.6. The number of carbonyl (C=O) groups is 2.